The summed E-state index contributed by atoms with van der Waals surface area (Å²) in [5, 5.41) is 0. The number of unbranched alkanes of at least 4 members (excludes halogenated alkanes) is 4. The molecule has 0 bridgehead atoms. The van der Waals surface area contributed by atoms with Crippen LogP contribution in [-0.4, -0.2) is 106 Å². The van der Waals surface area contributed by atoms with Crippen molar-refractivity contribution in [2.45, 2.75) is 79.1 Å². The van der Waals surface area contributed by atoms with Crippen LogP contribution in [0.25, 0.3) is 0 Å². The summed E-state index contributed by atoms with van der Waals surface area (Å²) in [7, 11) is 0. The molecule has 0 saturated heterocycles. The number of hydrogen-bond acceptors (Lipinski definition) is 2. The average Bonchev–Trinajstić information content (AvgIpc) is 2.55. The van der Waals surface area contributed by atoms with Gasteiger partial charge in [-0.25, -0.2) is 0 Å². The maximum absolute atomic E-state index is 3.04. The SMILES string of the molecule is CCCCN(CCCC)C(=[Se])[Se-].CCCCN(CCCC)C(=[Se])[Se-].[Zn+2]. The first-order valence-corrected chi connectivity index (χ1v) is 12.8. The van der Waals surface area contributed by atoms with Gasteiger partial charge in [-0.3, -0.25) is 0 Å². The van der Waals surface area contributed by atoms with Gasteiger partial charge in [0.05, 0.1) is 0 Å². The van der Waals surface area contributed by atoms with Crippen molar-refractivity contribution in [2.24, 2.45) is 0 Å². The molecule has 25 heavy (non-hydrogen) atoms. The van der Waals surface area contributed by atoms with Gasteiger partial charge in [-0.15, -0.1) is 0 Å². The fourth-order valence-corrected chi connectivity index (χ4v) is 3.52. The second-order valence-electron chi connectivity index (χ2n) is 5.92. The van der Waals surface area contributed by atoms with Gasteiger partial charge in [0.15, 0.2) is 0 Å². The van der Waals surface area contributed by atoms with Crippen molar-refractivity contribution in [1.29, 1.82) is 0 Å². The molecule has 0 atom stereocenters. The predicted octanol–water partition coefficient (Wildman–Crippen LogP) is 2.62. The number of hydrogen-bond donors (Lipinski definition) is 0. The number of rotatable bonds is 14. The van der Waals surface area contributed by atoms with E-state index in [1.165, 1.54) is 84.4 Å². The second kappa shape index (κ2) is 24.1. The fraction of sp³-hybridized carbons (Fsp3) is 0.889. The smallest absolute Gasteiger partial charge is 2.00 e. The van der Waals surface area contributed by atoms with Crippen molar-refractivity contribution in [2.75, 3.05) is 26.2 Å². The molecule has 7 heteroatoms. The Bertz CT molecular complexity index is 271. The third kappa shape index (κ3) is 22.2. The molecule has 0 radical (unpaired) electrons. The first-order valence-electron chi connectivity index (χ1n) is 9.36. The minimum Gasteiger partial charge on any atom is 2.00 e. The molecule has 0 fully saturated rings. The monoisotopic (exact) mass is 664 g/mol. The Morgan fingerprint density at radius 2 is 0.800 bits per heavy atom. The van der Waals surface area contributed by atoms with E-state index in [0.29, 0.717) is 0 Å². The van der Waals surface area contributed by atoms with Crippen LogP contribution in [0.15, 0.2) is 0 Å². The normalized spacial score (nSPS) is 9.44. The molecule has 2 nitrogen and oxygen atoms in total. The summed E-state index contributed by atoms with van der Waals surface area (Å²) in [5.74, 6) is 0. The van der Waals surface area contributed by atoms with Crippen LogP contribution in [0.5, 0.6) is 0 Å². The molecule has 0 unspecified atom stereocenters. The Balaban J connectivity index is -0.000000372. The quantitative estimate of drug-likeness (QED) is 0.265. The van der Waals surface area contributed by atoms with Gasteiger partial charge >= 0.3 is 205 Å². The van der Waals surface area contributed by atoms with Gasteiger partial charge in [-0.1, -0.05) is 0 Å². The van der Waals surface area contributed by atoms with Crippen LogP contribution in [0.4, 0.5) is 0 Å². The van der Waals surface area contributed by atoms with Crippen LogP contribution < -0.4 is 0 Å². The van der Waals surface area contributed by atoms with Gasteiger partial charge in [-0.05, 0) is 0 Å². The van der Waals surface area contributed by atoms with Crippen LogP contribution >= 0.6 is 0 Å². The van der Waals surface area contributed by atoms with Gasteiger partial charge in [0, 0.05) is 0 Å². The van der Waals surface area contributed by atoms with Gasteiger partial charge in [0.1, 0.15) is 0 Å². The largest absolute Gasteiger partial charge is 2.00 e. The van der Waals surface area contributed by atoms with Gasteiger partial charge < -0.3 is 0 Å². The molecule has 0 rings (SSSR count). The van der Waals surface area contributed by atoms with Crippen LogP contribution in [-0.2, 0) is 19.5 Å². The van der Waals surface area contributed by atoms with E-state index in [9.17, 15) is 0 Å². The van der Waals surface area contributed by atoms with E-state index in [0.717, 1.165) is 0 Å². The molecule has 0 aliphatic rings. The Morgan fingerprint density at radius 3 is 0.920 bits per heavy atom. The summed E-state index contributed by atoms with van der Waals surface area (Å²) in [6, 6.07) is 0. The van der Waals surface area contributed by atoms with Crippen molar-refractivity contribution < 1.29 is 19.5 Å². The van der Waals surface area contributed by atoms with Crippen LogP contribution in [0.1, 0.15) is 79.1 Å². The van der Waals surface area contributed by atoms with E-state index in [2.05, 4.69) is 101 Å². The molecule has 0 saturated carbocycles. The van der Waals surface area contributed by atoms with E-state index >= 15 is 0 Å². The summed E-state index contributed by atoms with van der Waals surface area (Å²) in [6.45, 7) is 13.7. The summed E-state index contributed by atoms with van der Waals surface area (Å²) in [6.07, 6.45) is 10.2. The van der Waals surface area contributed by atoms with Crippen LogP contribution in [0.2, 0.25) is 0 Å². The maximum atomic E-state index is 3.04. The summed E-state index contributed by atoms with van der Waals surface area (Å²) < 4.78 is 2.44. The Kier molecular flexibility index (Phi) is 30.6. The zero-order valence-corrected chi connectivity index (χ0v) is 26.5. The van der Waals surface area contributed by atoms with Crippen LogP contribution in [0.3, 0.4) is 0 Å². The Labute approximate surface area is 202 Å². The van der Waals surface area contributed by atoms with Crippen molar-refractivity contribution in [1.82, 2.24) is 9.80 Å². The van der Waals surface area contributed by atoms with Crippen molar-refractivity contribution in [3.8, 4) is 0 Å². The minimum absolute atomic E-state index is 0. The summed E-state index contributed by atoms with van der Waals surface area (Å²) in [4.78, 5) is 4.79. The van der Waals surface area contributed by atoms with Crippen molar-refractivity contribution >= 4 is 70.1 Å². The van der Waals surface area contributed by atoms with Crippen molar-refractivity contribution in [3.05, 3.63) is 0 Å². The Morgan fingerprint density at radius 1 is 0.600 bits per heavy atom. The molecule has 0 aromatic carbocycles. The predicted molar refractivity (Wildman–Crippen MR) is 116 cm³/mol. The molecule has 0 aliphatic carbocycles. The van der Waals surface area contributed by atoms with Gasteiger partial charge in [0.25, 0.3) is 0 Å². The standard InChI is InChI=1S/2C9H19NSe2.Zn/c2*1-3-5-7-10(9(11)12)8-6-4-2;/h2*3-8H2,1-2H3,(H,11,12);/q;;+2/p-2. The topological polar surface area (TPSA) is 6.48 Å². The third-order valence-corrected chi connectivity index (χ3v) is 5.81. The molecule has 0 N–H and O–H groups in total. The molecule has 0 aromatic heterocycles. The fourth-order valence-electron chi connectivity index (χ4n) is 1.98. The number of nitrogens with zero attached hydrogens (tertiary/aromatic N) is 2. The molecule has 144 valence electrons. The first-order chi connectivity index (χ1) is 11.4. The minimum atomic E-state index is 0. The first kappa shape index (κ1) is 31.7. The summed E-state index contributed by atoms with van der Waals surface area (Å²) >= 11 is 12.2. The molecule has 0 aromatic rings. The zero-order valence-electron chi connectivity index (χ0n) is 16.7. The third-order valence-electron chi connectivity index (χ3n) is 3.64. The van der Waals surface area contributed by atoms with E-state index in [1.807, 2.05) is 0 Å². The van der Waals surface area contributed by atoms with Crippen LogP contribution in [0, 0.1) is 0 Å². The average molecular weight is 662 g/mol. The van der Waals surface area contributed by atoms with Gasteiger partial charge in [0.2, 0.25) is 0 Å². The maximum Gasteiger partial charge on any atom is 2.00 e. The zero-order chi connectivity index (χ0) is 18.8. The van der Waals surface area contributed by atoms with E-state index in [-0.39, 0.29) is 19.5 Å². The van der Waals surface area contributed by atoms with E-state index in [4.69, 9.17) is 0 Å². The molecule has 0 heterocycles. The van der Waals surface area contributed by atoms with E-state index < -0.39 is 0 Å². The van der Waals surface area contributed by atoms with Crippen molar-refractivity contribution in [3.63, 3.8) is 0 Å². The second-order valence-corrected chi connectivity index (χ2v) is 11.8. The molecule has 0 amide bonds. The summed E-state index contributed by atoms with van der Waals surface area (Å²) in [5.41, 5.74) is 0. The molecular formula is C18H36N2Se4Zn. The molecular weight excluding hydrogens is 625 g/mol. The molecule has 0 aliphatic heterocycles. The molecule has 0 spiro atoms. The van der Waals surface area contributed by atoms with E-state index in [1.54, 1.807) is 0 Å². The van der Waals surface area contributed by atoms with Gasteiger partial charge in [-0.2, -0.15) is 0 Å². The Hall–Kier alpha value is 2.04.